The molecular weight excluding hydrogens is 404 g/mol. The molecule has 0 aliphatic heterocycles. The van der Waals surface area contributed by atoms with Crippen molar-refractivity contribution < 1.29 is 19.5 Å². The second-order valence-corrected chi connectivity index (χ2v) is 9.95. The Morgan fingerprint density at radius 1 is 1.07 bits per heavy atom. The number of thioether (sulfide) groups is 1. The zero-order valence-electron chi connectivity index (χ0n) is 20.0. The Morgan fingerprint density at radius 3 is 2.07 bits per heavy atom. The highest BCUT2D eigenvalue weighted by atomic mass is 32.2. The quantitative estimate of drug-likeness (QED) is 0.388. The van der Waals surface area contributed by atoms with Crippen LogP contribution in [0, 0.1) is 0 Å². The highest BCUT2D eigenvalue weighted by Gasteiger charge is 2.36. The second-order valence-electron chi connectivity index (χ2n) is 8.80. The molecule has 3 amide bonds. The van der Waals surface area contributed by atoms with Gasteiger partial charge in [0.05, 0.1) is 5.60 Å². The number of carbonyl (C=O) groups is 3. The van der Waals surface area contributed by atoms with Gasteiger partial charge >= 0.3 is 0 Å². The van der Waals surface area contributed by atoms with Crippen molar-refractivity contribution in [1.82, 2.24) is 14.7 Å². The lowest BCUT2D eigenvalue weighted by molar-refractivity contribution is -0.147. The van der Waals surface area contributed by atoms with Crippen molar-refractivity contribution in [2.75, 3.05) is 39.2 Å². The van der Waals surface area contributed by atoms with Gasteiger partial charge in [0, 0.05) is 51.0 Å². The fourth-order valence-corrected chi connectivity index (χ4v) is 4.04. The van der Waals surface area contributed by atoms with Crippen LogP contribution in [0.3, 0.4) is 0 Å². The third-order valence-electron chi connectivity index (χ3n) is 5.19. The Labute approximate surface area is 186 Å². The second kappa shape index (κ2) is 13.2. The summed E-state index contributed by atoms with van der Waals surface area (Å²) < 4.78 is 0. The Hall–Kier alpha value is -1.32. The molecule has 0 aromatic rings. The number of hydrogen-bond acceptors (Lipinski definition) is 6. The van der Waals surface area contributed by atoms with E-state index in [2.05, 4.69) is 18.7 Å². The first kappa shape index (κ1) is 28.7. The number of nitrogens with zero attached hydrogens (tertiary/aromatic N) is 3. The fraction of sp³-hybridized carbons (Fsp3) is 0.857. The van der Waals surface area contributed by atoms with Crippen LogP contribution in [0.25, 0.3) is 0 Å². The monoisotopic (exact) mass is 446 g/mol. The van der Waals surface area contributed by atoms with Gasteiger partial charge in [-0.05, 0) is 41.2 Å². The molecule has 0 saturated heterocycles. The molecule has 0 aliphatic rings. The largest absolute Gasteiger partial charge is 0.390 e. The van der Waals surface area contributed by atoms with E-state index < -0.39 is 23.6 Å². The predicted molar refractivity (Wildman–Crippen MR) is 123 cm³/mol. The summed E-state index contributed by atoms with van der Waals surface area (Å²) in [6.07, 6.45) is 1.07. The highest BCUT2D eigenvalue weighted by molar-refractivity contribution is 7.99. The van der Waals surface area contributed by atoms with E-state index in [0.717, 1.165) is 12.3 Å². The first-order chi connectivity index (χ1) is 13.7. The number of carbonyl (C=O) groups excluding carboxylic acids is 3. The minimum absolute atomic E-state index is 0.0240. The van der Waals surface area contributed by atoms with Crippen molar-refractivity contribution in [2.24, 2.45) is 5.73 Å². The summed E-state index contributed by atoms with van der Waals surface area (Å²) >= 11 is 1.60. The van der Waals surface area contributed by atoms with Crippen LogP contribution in [0.1, 0.15) is 53.9 Å². The molecule has 30 heavy (non-hydrogen) atoms. The maximum Gasteiger partial charge on any atom is 0.246 e. The molecule has 0 rings (SSSR count). The normalized spacial score (nSPS) is 14.0. The summed E-state index contributed by atoms with van der Waals surface area (Å²) in [4.78, 5) is 42.7. The van der Waals surface area contributed by atoms with Crippen molar-refractivity contribution >= 4 is 29.5 Å². The number of nitrogens with two attached hydrogens (primary N) is 1. The highest BCUT2D eigenvalue weighted by Crippen LogP contribution is 2.19. The lowest BCUT2D eigenvalue weighted by Gasteiger charge is -2.35. The van der Waals surface area contributed by atoms with Crippen LogP contribution < -0.4 is 5.73 Å². The Balaban J connectivity index is 5.41. The third-order valence-corrected chi connectivity index (χ3v) is 6.21. The summed E-state index contributed by atoms with van der Waals surface area (Å²) in [7, 11) is 5.18. The molecule has 0 heterocycles. The average molecular weight is 447 g/mol. The zero-order chi connectivity index (χ0) is 23.6. The Kier molecular flexibility index (Phi) is 12.6. The fourth-order valence-electron chi connectivity index (χ4n) is 2.86. The van der Waals surface area contributed by atoms with E-state index in [4.69, 9.17) is 5.73 Å². The van der Waals surface area contributed by atoms with Crippen LogP contribution in [0.5, 0.6) is 0 Å². The zero-order valence-corrected chi connectivity index (χ0v) is 20.8. The van der Waals surface area contributed by atoms with Crippen LogP contribution in [-0.4, -0.2) is 100 Å². The maximum atomic E-state index is 13.3. The van der Waals surface area contributed by atoms with Crippen molar-refractivity contribution in [3.8, 4) is 0 Å². The minimum Gasteiger partial charge on any atom is -0.390 e. The molecule has 0 fully saturated rings. The topological polar surface area (TPSA) is 107 Å². The van der Waals surface area contributed by atoms with Gasteiger partial charge in [-0.15, -0.1) is 0 Å². The molecule has 0 unspecified atom stereocenters. The average Bonchev–Trinajstić information content (AvgIpc) is 2.63. The van der Waals surface area contributed by atoms with Gasteiger partial charge in [-0.3, -0.25) is 14.4 Å². The summed E-state index contributed by atoms with van der Waals surface area (Å²) in [5.41, 5.74) is 4.35. The molecule has 2 atom stereocenters. The van der Waals surface area contributed by atoms with Crippen molar-refractivity contribution in [1.29, 1.82) is 0 Å². The molecule has 0 aromatic carbocycles. The number of hydrogen-bond donors (Lipinski definition) is 2. The standard InChI is InChI=1S/C21H42N4O4S/c1-9-10-18(26)24(7)17(14-30-12-11-23(6)15(2)3)20(28)25(8)16(19(22)27)13-21(4,5)29/h15-17,29H,9-14H2,1-8H3,(H2,22,27)/t16-,17+/m0/s1. The van der Waals surface area contributed by atoms with Crippen LogP contribution in [0.2, 0.25) is 0 Å². The van der Waals surface area contributed by atoms with Gasteiger partial charge in [0.25, 0.3) is 0 Å². The van der Waals surface area contributed by atoms with Crippen molar-refractivity contribution in [3.05, 3.63) is 0 Å². The number of rotatable bonds is 14. The van der Waals surface area contributed by atoms with Gasteiger partial charge in [-0.1, -0.05) is 6.92 Å². The maximum absolute atomic E-state index is 13.3. The molecule has 8 nitrogen and oxygen atoms in total. The van der Waals surface area contributed by atoms with E-state index in [0.29, 0.717) is 24.6 Å². The molecule has 0 bridgehead atoms. The van der Waals surface area contributed by atoms with Crippen molar-refractivity contribution in [2.45, 2.75) is 77.6 Å². The van der Waals surface area contributed by atoms with E-state index in [9.17, 15) is 19.5 Å². The molecule has 9 heteroatoms. The number of aliphatic hydroxyl groups is 1. The molecular formula is C21H42N4O4S. The first-order valence-electron chi connectivity index (χ1n) is 10.5. The van der Waals surface area contributed by atoms with E-state index in [1.165, 1.54) is 16.8 Å². The van der Waals surface area contributed by atoms with Gasteiger partial charge < -0.3 is 25.5 Å². The Morgan fingerprint density at radius 2 is 1.63 bits per heavy atom. The van der Waals surface area contributed by atoms with Crippen LogP contribution in [0.15, 0.2) is 0 Å². The van der Waals surface area contributed by atoms with Crippen LogP contribution in [0.4, 0.5) is 0 Å². The predicted octanol–water partition coefficient (Wildman–Crippen LogP) is 1.16. The summed E-state index contributed by atoms with van der Waals surface area (Å²) in [6.45, 7) is 10.2. The number of likely N-dealkylation sites (N-methyl/N-ethyl adjacent to an activating group) is 2. The molecule has 0 spiro atoms. The van der Waals surface area contributed by atoms with Gasteiger partial charge in [-0.25, -0.2) is 0 Å². The van der Waals surface area contributed by atoms with Crippen molar-refractivity contribution in [3.63, 3.8) is 0 Å². The van der Waals surface area contributed by atoms with E-state index in [1.807, 2.05) is 14.0 Å². The molecule has 0 aromatic heterocycles. The SMILES string of the molecule is CCCC(=O)N(C)[C@H](CSCCN(C)C(C)C)C(=O)N(C)[C@@H](CC(C)(C)O)C(N)=O. The van der Waals surface area contributed by atoms with E-state index in [1.54, 1.807) is 32.7 Å². The molecule has 3 N–H and O–H groups in total. The van der Waals surface area contributed by atoms with Gasteiger partial charge in [-0.2, -0.15) is 11.8 Å². The summed E-state index contributed by atoms with van der Waals surface area (Å²) in [5, 5.41) is 10.1. The number of amides is 3. The third kappa shape index (κ3) is 10.1. The molecule has 0 radical (unpaired) electrons. The van der Waals surface area contributed by atoms with E-state index in [-0.39, 0.29) is 18.2 Å². The van der Waals surface area contributed by atoms with Gasteiger partial charge in [0.1, 0.15) is 12.1 Å². The summed E-state index contributed by atoms with van der Waals surface area (Å²) in [5.74, 6) is 0.109. The lowest BCUT2D eigenvalue weighted by Crippen LogP contribution is -2.56. The molecule has 0 saturated carbocycles. The van der Waals surface area contributed by atoms with Crippen LogP contribution >= 0.6 is 11.8 Å². The molecule has 176 valence electrons. The lowest BCUT2D eigenvalue weighted by atomic mass is 9.97. The summed E-state index contributed by atoms with van der Waals surface area (Å²) in [6, 6.07) is -1.22. The first-order valence-corrected chi connectivity index (χ1v) is 11.7. The Bertz CT molecular complexity index is 566. The van der Waals surface area contributed by atoms with Gasteiger partial charge in [0.2, 0.25) is 17.7 Å². The van der Waals surface area contributed by atoms with Gasteiger partial charge in [0.15, 0.2) is 0 Å². The smallest absolute Gasteiger partial charge is 0.246 e. The minimum atomic E-state index is -1.16. The number of primary amides is 1. The molecule has 0 aliphatic carbocycles. The van der Waals surface area contributed by atoms with E-state index >= 15 is 0 Å². The van der Waals surface area contributed by atoms with Crippen LogP contribution in [-0.2, 0) is 14.4 Å².